The smallest absolute Gasteiger partial charge is 0.203 e. The molecule has 0 aliphatic rings. The highest BCUT2D eigenvalue weighted by Crippen LogP contribution is 2.22. The van der Waals surface area contributed by atoms with Gasteiger partial charge in [0.1, 0.15) is 17.3 Å². The lowest BCUT2D eigenvalue weighted by Gasteiger charge is -2.15. The molecule has 0 aromatic heterocycles. The standard InChI is InChI=1S/C15H18NO2S2/c1-13-9-11-15(12-10-13)20(17,18)16(2)19(3)14-7-5-4-6-8-14/h4-12H,1-3H3/q+1. The normalized spacial score (nSPS) is 13.4. The lowest BCUT2D eigenvalue weighted by molar-refractivity contribution is 0.563. The van der Waals surface area contributed by atoms with Crippen LogP contribution in [0.1, 0.15) is 5.56 Å². The van der Waals surface area contributed by atoms with Crippen molar-refractivity contribution in [2.75, 3.05) is 13.3 Å². The van der Waals surface area contributed by atoms with Crippen LogP contribution in [0.25, 0.3) is 0 Å². The summed E-state index contributed by atoms with van der Waals surface area (Å²) in [5.41, 5.74) is 1.05. The molecule has 0 saturated carbocycles. The molecule has 5 heteroatoms. The minimum Gasteiger partial charge on any atom is -0.203 e. The topological polar surface area (TPSA) is 37.4 Å². The fourth-order valence-electron chi connectivity index (χ4n) is 1.77. The highest BCUT2D eigenvalue weighted by atomic mass is 32.3. The summed E-state index contributed by atoms with van der Waals surface area (Å²) < 4.78 is 26.6. The van der Waals surface area contributed by atoms with Crippen LogP contribution >= 0.6 is 0 Å². The van der Waals surface area contributed by atoms with Crippen molar-refractivity contribution in [3.63, 3.8) is 0 Å². The Morgan fingerprint density at radius 3 is 2.05 bits per heavy atom. The van der Waals surface area contributed by atoms with E-state index in [9.17, 15) is 8.42 Å². The van der Waals surface area contributed by atoms with Crippen LogP contribution in [0.4, 0.5) is 0 Å². The van der Waals surface area contributed by atoms with Crippen molar-refractivity contribution < 1.29 is 8.42 Å². The Hall–Kier alpha value is -1.30. The average molecular weight is 308 g/mol. The Labute approximate surface area is 123 Å². The van der Waals surface area contributed by atoms with E-state index in [1.807, 2.05) is 55.6 Å². The largest absolute Gasteiger partial charge is 0.282 e. The van der Waals surface area contributed by atoms with E-state index in [-0.39, 0.29) is 0 Å². The maximum absolute atomic E-state index is 12.6. The second kappa shape index (κ2) is 5.99. The summed E-state index contributed by atoms with van der Waals surface area (Å²) in [6.07, 6.45) is 1.92. The van der Waals surface area contributed by atoms with E-state index in [1.165, 1.54) is 3.71 Å². The van der Waals surface area contributed by atoms with E-state index >= 15 is 0 Å². The number of sulfonamides is 1. The zero-order valence-electron chi connectivity index (χ0n) is 11.8. The Morgan fingerprint density at radius 1 is 0.950 bits per heavy atom. The molecule has 2 aromatic rings. The molecule has 0 radical (unpaired) electrons. The third kappa shape index (κ3) is 3.06. The lowest BCUT2D eigenvalue weighted by atomic mass is 10.2. The van der Waals surface area contributed by atoms with Crippen molar-refractivity contribution in [1.82, 2.24) is 3.71 Å². The van der Waals surface area contributed by atoms with Gasteiger partial charge in [0.2, 0.25) is 0 Å². The van der Waals surface area contributed by atoms with Crippen LogP contribution in [-0.4, -0.2) is 25.4 Å². The molecule has 1 atom stereocenters. The van der Waals surface area contributed by atoms with E-state index < -0.39 is 21.1 Å². The number of benzene rings is 2. The van der Waals surface area contributed by atoms with E-state index in [1.54, 1.807) is 19.2 Å². The molecule has 0 saturated heterocycles. The van der Waals surface area contributed by atoms with Gasteiger partial charge in [-0.15, -0.1) is 0 Å². The van der Waals surface area contributed by atoms with Crippen LogP contribution in [0.2, 0.25) is 0 Å². The first kappa shape index (κ1) is 15.1. The second-order valence-corrected chi connectivity index (χ2v) is 8.69. The van der Waals surface area contributed by atoms with Crippen LogP contribution in [0, 0.1) is 6.92 Å². The summed E-state index contributed by atoms with van der Waals surface area (Å²) in [5, 5.41) is 0. The van der Waals surface area contributed by atoms with Gasteiger partial charge in [-0.05, 0) is 34.9 Å². The molecule has 0 N–H and O–H groups in total. The first-order valence-electron chi connectivity index (χ1n) is 6.19. The Kier molecular flexibility index (Phi) is 4.52. The van der Waals surface area contributed by atoms with Crippen molar-refractivity contribution in [3.05, 3.63) is 60.2 Å². The van der Waals surface area contributed by atoms with Gasteiger partial charge in [-0.1, -0.05) is 35.9 Å². The van der Waals surface area contributed by atoms with Gasteiger partial charge < -0.3 is 0 Å². The zero-order chi connectivity index (χ0) is 14.8. The summed E-state index contributed by atoms with van der Waals surface area (Å²) in [5.74, 6) is 0. The molecule has 2 aromatic carbocycles. The van der Waals surface area contributed by atoms with Crippen LogP contribution in [0.3, 0.4) is 0 Å². The summed E-state index contributed by atoms with van der Waals surface area (Å²) in [6.45, 7) is 1.94. The van der Waals surface area contributed by atoms with Crippen molar-refractivity contribution >= 4 is 21.1 Å². The zero-order valence-corrected chi connectivity index (χ0v) is 13.4. The SMILES string of the molecule is Cc1ccc(S(=O)(=O)N(C)[S+](C)c2ccccc2)cc1. The molecule has 0 fully saturated rings. The monoisotopic (exact) mass is 308 g/mol. The number of rotatable bonds is 4. The van der Waals surface area contributed by atoms with E-state index in [4.69, 9.17) is 0 Å². The van der Waals surface area contributed by atoms with Crippen LogP contribution < -0.4 is 0 Å². The van der Waals surface area contributed by atoms with Gasteiger partial charge in [0.15, 0.2) is 4.90 Å². The molecular formula is C15H18NO2S2+. The predicted molar refractivity (Wildman–Crippen MR) is 84.1 cm³/mol. The van der Waals surface area contributed by atoms with Crippen LogP contribution in [0.5, 0.6) is 0 Å². The molecular weight excluding hydrogens is 290 g/mol. The molecule has 0 bridgehead atoms. The third-order valence-electron chi connectivity index (χ3n) is 3.13. The minimum absolute atomic E-state index is 0.334. The Morgan fingerprint density at radius 2 is 1.50 bits per heavy atom. The molecule has 20 heavy (non-hydrogen) atoms. The molecule has 0 aliphatic carbocycles. The number of hydrogen-bond donors (Lipinski definition) is 0. The number of hydrogen-bond acceptors (Lipinski definition) is 2. The molecule has 106 valence electrons. The molecule has 0 heterocycles. The second-order valence-electron chi connectivity index (χ2n) is 4.52. The maximum Gasteiger partial charge on any atom is 0.282 e. The quantitative estimate of drug-likeness (QED) is 0.815. The molecule has 2 rings (SSSR count). The number of nitrogens with zero attached hydrogens (tertiary/aromatic N) is 1. The summed E-state index contributed by atoms with van der Waals surface area (Å²) in [7, 11) is -1.83. The lowest BCUT2D eigenvalue weighted by Crippen LogP contribution is -2.32. The summed E-state index contributed by atoms with van der Waals surface area (Å²) >= 11 is -0.508. The molecule has 1 unspecified atom stereocenters. The van der Waals surface area contributed by atoms with Gasteiger partial charge in [0, 0.05) is 0 Å². The van der Waals surface area contributed by atoms with Crippen LogP contribution in [0.15, 0.2) is 64.4 Å². The maximum atomic E-state index is 12.6. The molecule has 3 nitrogen and oxygen atoms in total. The van der Waals surface area contributed by atoms with Gasteiger partial charge >= 0.3 is 0 Å². The average Bonchev–Trinajstić information content (AvgIpc) is 2.47. The van der Waals surface area contributed by atoms with Gasteiger partial charge in [-0.3, -0.25) is 0 Å². The van der Waals surface area contributed by atoms with Gasteiger partial charge in [-0.2, -0.15) is 0 Å². The summed E-state index contributed by atoms with van der Waals surface area (Å²) in [6, 6.07) is 16.6. The minimum atomic E-state index is -3.46. The fraction of sp³-hybridized carbons (Fsp3) is 0.200. The molecule has 0 aliphatic heterocycles. The van der Waals surface area contributed by atoms with Crippen molar-refractivity contribution in [2.45, 2.75) is 16.7 Å². The van der Waals surface area contributed by atoms with Crippen molar-refractivity contribution in [3.8, 4) is 0 Å². The summed E-state index contributed by atoms with van der Waals surface area (Å²) in [4.78, 5) is 1.34. The highest BCUT2D eigenvalue weighted by Gasteiger charge is 2.34. The fourth-order valence-corrected chi connectivity index (χ4v) is 5.09. The first-order chi connectivity index (χ1) is 9.43. The third-order valence-corrected chi connectivity index (χ3v) is 7.66. The van der Waals surface area contributed by atoms with Crippen molar-refractivity contribution in [1.29, 1.82) is 0 Å². The molecule has 0 amide bonds. The van der Waals surface area contributed by atoms with Gasteiger partial charge in [0.05, 0.1) is 11.9 Å². The van der Waals surface area contributed by atoms with Gasteiger partial charge in [0.25, 0.3) is 10.0 Å². The Bertz CT molecular complexity index is 667. The highest BCUT2D eigenvalue weighted by molar-refractivity contribution is 8.06. The van der Waals surface area contributed by atoms with E-state index in [0.29, 0.717) is 4.90 Å². The predicted octanol–water partition coefficient (Wildman–Crippen LogP) is 2.84. The van der Waals surface area contributed by atoms with Gasteiger partial charge in [-0.25, -0.2) is 8.42 Å². The number of aryl methyl sites for hydroxylation is 1. The van der Waals surface area contributed by atoms with Crippen LogP contribution in [-0.2, 0) is 21.1 Å². The first-order valence-corrected chi connectivity index (χ1v) is 9.22. The van der Waals surface area contributed by atoms with E-state index in [0.717, 1.165) is 10.5 Å². The molecule has 0 spiro atoms. The Balaban J connectivity index is 2.32. The van der Waals surface area contributed by atoms with E-state index in [2.05, 4.69) is 0 Å². The van der Waals surface area contributed by atoms with Crippen molar-refractivity contribution in [2.24, 2.45) is 0 Å².